The molecular weight excluding hydrogens is 642 g/mol. The van der Waals surface area contributed by atoms with E-state index in [4.69, 9.17) is 4.74 Å². The predicted molar refractivity (Wildman–Crippen MR) is 195 cm³/mol. The van der Waals surface area contributed by atoms with Crippen molar-refractivity contribution in [1.82, 2.24) is 15.6 Å². The van der Waals surface area contributed by atoms with Crippen molar-refractivity contribution in [1.29, 1.82) is 0 Å². The van der Waals surface area contributed by atoms with E-state index < -0.39 is 22.9 Å². The summed E-state index contributed by atoms with van der Waals surface area (Å²) in [4.78, 5) is 56.6. The van der Waals surface area contributed by atoms with E-state index >= 15 is 0 Å². The van der Waals surface area contributed by atoms with Crippen LogP contribution in [0.2, 0.25) is 0 Å². The Kier molecular flexibility index (Phi) is 9.36. The van der Waals surface area contributed by atoms with E-state index in [2.05, 4.69) is 64.1 Å². The van der Waals surface area contributed by atoms with Crippen molar-refractivity contribution in [3.05, 3.63) is 41.2 Å². The highest BCUT2D eigenvalue weighted by Gasteiger charge is 2.70. The van der Waals surface area contributed by atoms with Crippen molar-refractivity contribution in [2.75, 3.05) is 0 Å². The number of ether oxygens (including phenoxy) is 1. The molecule has 2 amide bonds. The number of pyridine rings is 1. The predicted octanol–water partition coefficient (Wildman–Crippen LogP) is 8.03. The molecule has 0 radical (unpaired) electrons. The van der Waals surface area contributed by atoms with Crippen LogP contribution in [0.3, 0.4) is 0 Å². The van der Waals surface area contributed by atoms with Crippen LogP contribution in [-0.2, 0) is 25.7 Å². The monoisotopic (exact) mass is 703 g/mol. The molecule has 3 N–H and O–H groups in total. The second kappa shape index (κ2) is 12.7. The van der Waals surface area contributed by atoms with Gasteiger partial charge in [-0.3, -0.25) is 19.4 Å². The molecule has 0 bridgehead atoms. The molecule has 0 aromatic carbocycles. The van der Waals surface area contributed by atoms with Crippen molar-refractivity contribution in [3.8, 4) is 0 Å². The highest BCUT2D eigenvalue weighted by atomic mass is 16.5. The van der Waals surface area contributed by atoms with Gasteiger partial charge in [-0.05, 0) is 128 Å². The number of carboxylic acid groups (broad SMARTS) is 1. The Bertz CT molecular complexity index is 1620. The van der Waals surface area contributed by atoms with E-state index in [1.54, 1.807) is 20.0 Å². The number of amides is 2. The van der Waals surface area contributed by atoms with E-state index in [9.17, 15) is 24.3 Å². The standard InChI is InChI=1S/C42H61N3O6/c1-25(2)33-28(46)22-42(45-36(50)44-24-26-12-10-11-21-43-26)20-19-40(8)27(34(33)42)13-14-30-39(7)17-16-31(51-32(47)23-37(3,4)35(48)49)38(5,6)29(39)15-18-41(30,40)9/h10-12,21,25,27,29-31H,13-20,22-24H2,1-9H3,(H,48,49)(H2,44,45,50)/t27?,29?,30?,31-,39-,40+,41+,42+/m0/s1. The lowest BCUT2D eigenvalue weighted by molar-refractivity contribution is -0.232. The molecule has 6 rings (SSSR count). The topological polar surface area (TPSA) is 135 Å². The minimum Gasteiger partial charge on any atom is -0.481 e. The van der Waals surface area contributed by atoms with Gasteiger partial charge in [-0.15, -0.1) is 0 Å². The number of aliphatic carboxylic acids is 1. The van der Waals surface area contributed by atoms with Gasteiger partial charge >= 0.3 is 18.0 Å². The number of Topliss-reactive ketones (excluding diaryl/α,β-unsaturated/α-hetero) is 1. The first kappa shape index (κ1) is 37.5. The molecular formula is C42H61N3O6. The van der Waals surface area contributed by atoms with E-state index in [0.717, 1.165) is 62.6 Å². The lowest BCUT2D eigenvalue weighted by atomic mass is 9.33. The molecule has 5 aliphatic rings. The van der Waals surface area contributed by atoms with Crippen molar-refractivity contribution in [2.45, 2.75) is 145 Å². The summed E-state index contributed by atoms with van der Waals surface area (Å²) in [5, 5.41) is 16.0. The molecule has 1 aromatic heterocycles. The first-order valence-corrected chi connectivity index (χ1v) is 19.4. The van der Waals surface area contributed by atoms with E-state index in [0.29, 0.717) is 24.8 Å². The van der Waals surface area contributed by atoms with Gasteiger partial charge in [-0.1, -0.05) is 54.5 Å². The molecule has 4 saturated carbocycles. The van der Waals surface area contributed by atoms with E-state index in [1.165, 1.54) is 5.57 Å². The van der Waals surface area contributed by atoms with Crippen molar-refractivity contribution >= 4 is 23.8 Å². The lowest BCUT2D eigenvalue weighted by Crippen LogP contribution is -2.67. The van der Waals surface area contributed by atoms with Crippen LogP contribution in [-0.4, -0.2) is 45.5 Å². The Morgan fingerprint density at radius 1 is 0.961 bits per heavy atom. The van der Waals surface area contributed by atoms with Crippen LogP contribution in [0.1, 0.15) is 132 Å². The zero-order chi connectivity index (χ0) is 37.4. The number of esters is 1. The maximum atomic E-state index is 13.9. The SMILES string of the molecule is CC(C)C1=C2C3CCC4[C@@]5(C)CC[C@H](OC(=O)CC(C)(C)C(=O)O)C(C)(C)C5CC[C@@]4(C)[C@]3(C)CC[C@@]2(NC(=O)NCc2ccccn2)CC1=O. The zero-order valence-electron chi connectivity index (χ0n) is 32.4. The fourth-order valence-corrected chi connectivity index (χ4v) is 12.5. The minimum absolute atomic E-state index is 0.0282. The summed E-state index contributed by atoms with van der Waals surface area (Å²) in [6, 6.07) is 5.41. The quantitative estimate of drug-likeness (QED) is 0.233. The maximum absolute atomic E-state index is 13.9. The number of fused-ring (bicyclic) bond motifs is 7. The van der Waals surface area contributed by atoms with Gasteiger partial charge in [0.1, 0.15) is 6.10 Å². The number of hydrogen-bond donors (Lipinski definition) is 3. The Hall–Kier alpha value is -3.23. The number of carbonyl (C=O) groups excluding carboxylic acids is 3. The smallest absolute Gasteiger partial charge is 0.315 e. The third-order valence-corrected chi connectivity index (χ3v) is 15.3. The number of nitrogens with zero attached hydrogens (tertiary/aromatic N) is 1. The van der Waals surface area contributed by atoms with Gasteiger partial charge in [0.15, 0.2) is 5.78 Å². The summed E-state index contributed by atoms with van der Waals surface area (Å²) in [6.07, 6.45) is 9.20. The number of allylic oxidation sites excluding steroid dienone is 1. The van der Waals surface area contributed by atoms with Crippen LogP contribution in [0, 0.1) is 50.7 Å². The number of aromatic nitrogens is 1. The molecule has 1 heterocycles. The van der Waals surface area contributed by atoms with Crippen LogP contribution in [0.4, 0.5) is 4.79 Å². The molecule has 5 aliphatic carbocycles. The number of hydrogen-bond acceptors (Lipinski definition) is 6. The molecule has 280 valence electrons. The summed E-state index contributed by atoms with van der Waals surface area (Å²) in [7, 11) is 0. The van der Waals surface area contributed by atoms with Gasteiger partial charge in [0, 0.05) is 18.0 Å². The van der Waals surface area contributed by atoms with Crippen LogP contribution >= 0.6 is 0 Å². The zero-order valence-corrected chi connectivity index (χ0v) is 32.4. The third kappa shape index (κ3) is 5.93. The summed E-state index contributed by atoms with van der Waals surface area (Å²) < 4.78 is 6.15. The summed E-state index contributed by atoms with van der Waals surface area (Å²) in [5.41, 5.74) is 0.866. The Morgan fingerprint density at radius 2 is 1.69 bits per heavy atom. The second-order valence-electron chi connectivity index (χ2n) is 19.1. The largest absolute Gasteiger partial charge is 0.481 e. The molecule has 51 heavy (non-hydrogen) atoms. The first-order valence-electron chi connectivity index (χ1n) is 19.4. The molecule has 1 aromatic rings. The Labute approximate surface area is 304 Å². The fraction of sp³-hybridized carbons (Fsp3) is 0.738. The van der Waals surface area contributed by atoms with Gasteiger partial charge in [0.25, 0.3) is 0 Å². The fourth-order valence-electron chi connectivity index (χ4n) is 12.5. The van der Waals surface area contributed by atoms with Gasteiger partial charge in [-0.2, -0.15) is 0 Å². The Morgan fingerprint density at radius 3 is 2.33 bits per heavy atom. The normalized spacial score (nSPS) is 37.1. The molecule has 0 aliphatic heterocycles. The van der Waals surface area contributed by atoms with Crippen LogP contribution in [0.5, 0.6) is 0 Å². The van der Waals surface area contributed by atoms with E-state index in [-0.39, 0.29) is 57.8 Å². The molecule has 8 atom stereocenters. The number of ketones is 1. The summed E-state index contributed by atoms with van der Waals surface area (Å²) in [6.45, 7) is 19.8. The number of urea groups is 1. The van der Waals surface area contributed by atoms with Gasteiger partial charge in [0.2, 0.25) is 0 Å². The molecule has 9 heteroatoms. The van der Waals surface area contributed by atoms with E-state index in [1.807, 2.05) is 18.2 Å². The average molecular weight is 704 g/mol. The molecule has 0 saturated heterocycles. The summed E-state index contributed by atoms with van der Waals surface area (Å²) >= 11 is 0. The van der Waals surface area contributed by atoms with Crippen molar-refractivity contribution in [3.63, 3.8) is 0 Å². The van der Waals surface area contributed by atoms with Gasteiger partial charge < -0.3 is 20.5 Å². The molecule has 4 fully saturated rings. The highest BCUT2D eigenvalue weighted by molar-refractivity contribution is 6.02. The Balaban J connectivity index is 1.26. The number of nitrogens with one attached hydrogen (secondary N) is 2. The molecule has 0 spiro atoms. The highest BCUT2D eigenvalue weighted by Crippen LogP contribution is 2.76. The minimum atomic E-state index is -1.17. The third-order valence-electron chi connectivity index (χ3n) is 15.3. The lowest BCUT2D eigenvalue weighted by Gasteiger charge is -2.72. The number of rotatable bonds is 8. The van der Waals surface area contributed by atoms with Gasteiger partial charge in [0.05, 0.1) is 29.6 Å². The average Bonchev–Trinajstić information content (AvgIpc) is 3.33. The van der Waals surface area contributed by atoms with Crippen LogP contribution < -0.4 is 10.6 Å². The molecule has 9 nitrogen and oxygen atoms in total. The van der Waals surface area contributed by atoms with Crippen LogP contribution in [0.25, 0.3) is 0 Å². The maximum Gasteiger partial charge on any atom is 0.315 e. The van der Waals surface area contributed by atoms with Gasteiger partial charge in [-0.25, -0.2) is 4.79 Å². The van der Waals surface area contributed by atoms with Crippen molar-refractivity contribution in [2.24, 2.45) is 50.7 Å². The second-order valence-corrected chi connectivity index (χ2v) is 19.1. The number of carbonyl (C=O) groups is 4. The summed E-state index contributed by atoms with van der Waals surface area (Å²) in [5.74, 6) is -0.142. The van der Waals surface area contributed by atoms with Crippen molar-refractivity contribution < 1.29 is 29.0 Å². The first-order chi connectivity index (χ1) is 23.7. The molecule has 3 unspecified atom stereocenters. The number of carboxylic acids is 1. The van der Waals surface area contributed by atoms with Crippen LogP contribution in [0.15, 0.2) is 35.5 Å².